The van der Waals surface area contributed by atoms with Crippen LogP contribution in [0, 0.1) is 24.7 Å². The van der Waals surface area contributed by atoms with E-state index in [4.69, 9.17) is 6.92 Å². The van der Waals surface area contributed by atoms with E-state index >= 15 is 0 Å². The third kappa shape index (κ3) is 2.03. The molecule has 1 heteroatoms. The molecule has 3 fully saturated rings. The van der Waals surface area contributed by atoms with Crippen molar-refractivity contribution in [3.05, 3.63) is 6.92 Å². The van der Waals surface area contributed by atoms with E-state index in [-0.39, 0.29) is 0 Å². The summed E-state index contributed by atoms with van der Waals surface area (Å²) in [5, 5.41) is 0. The Kier molecular flexibility index (Phi) is 3.24. The lowest BCUT2D eigenvalue weighted by Crippen LogP contribution is -2.45. The van der Waals surface area contributed by atoms with Crippen molar-refractivity contribution in [1.82, 2.24) is 4.90 Å². The van der Waals surface area contributed by atoms with E-state index in [2.05, 4.69) is 4.90 Å². The summed E-state index contributed by atoms with van der Waals surface area (Å²) in [7, 11) is 0. The molecule has 3 aliphatic rings. The maximum atomic E-state index is 6.06. The van der Waals surface area contributed by atoms with Gasteiger partial charge in [0.05, 0.1) is 0 Å². The van der Waals surface area contributed by atoms with Gasteiger partial charge in [-0.25, -0.2) is 0 Å². The second kappa shape index (κ2) is 4.68. The van der Waals surface area contributed by atoms with Crippen molar-refractivity contribution in [2.45, 2.75) is 57.4 Å². The molecule has 0 N–H and O–H groups in total. The van der Waals surface area contributed by atoms with Gasteiger partial charge in [0, 0.05) is 12.6 Å². The second-order valence-corrected chi connectivity index (χ2v) is 6.25. The largest absolute Gasteiger partial charge is 0.300 e. The number of hydrogen-bond acceptors (Lipinski definition) is 1. The summed E-state index contributed by atoms with van der Waals surface area (Å²) in [4.78, 5) is 2.73. The molecular weight excluding hydrogens is 194 g/mol. The molecule has 1 saturated heterocycles. The molecule has 3 rings (SSSR count). The van der Waals surface area contributed by atoms with Gasteiger partial charge >= 0.3 is 0 Å². The van der Waals surface area contributed by atoms with E-state index < -0.39 is 0 Å². The van der Waals surface area contributed by atoms with Crippen LogP contribution in [0.1, 0.15) is 51.4 Å². The minimum atomic E-state index is 0.462. The minimum absolute atomic E-state index is 0.462. The molecule has 4 unspecified atom stereocenters. The Morgan fingerprint density at radius 1 is 0.875 bits per heavy atom. The van der Waals surface area contributed by atoms with Crippen LogP contribution in [0.15, 0.2) is 0 Å². The van der Waals surface area contributed by atoms with Crippen molar-refractivity contribution in [1.29, 1.82) is 0 Å². The van der Waals surface area contributed by atoms with Crippen LogP contribution in [0.25, 0.3) is 0 Å². The van der Waals surface area contributed by atoms with Crippen molar-refractivity contribution in [3.63, 3.8) is 0 Å². The van der Waals surface area contributed by atoms with Crippen molar-refractivity contribution in [3.8, 4) is 0 Å². The molecule has 4 atom stereocenters. The van der Waals surface area contributed by atoms with Crippen LogP contribution < -0.4 is 0 Å². The van der Waals surface area contributed by atoms with Crippen LogP contribution >= 0.6 is 0 Å². The zero-order valence-corrected chi connectivity index (χ0v) is 10.4. The lowest BCUT2D eigenvalue weighted by molar-refractivity contribution is 0.0533. The van der Waals surface area contributed by atoms with Gasteiger partial charge in [-0.05, 0) is 50.5 Å². The molecule has 1 heterocycles. The summed E-state index contributed by atoms with van der Waals surface area (Å²) in [6, 6.07) is 0.896. The molecule has 0 aromatic heterocycles. The molecule has 0 amide bonds. The first kappa shape index (κ1) is 11.1. The highest BCUT2D eigenvalue weighted by Crippen LogP contribution is 2.43. The predicted molar refractivity (Wildman–Crippen MR) is 67.1 cm³/mol. The zero-order chi connectivity index (χ0) is 11.0. The van der Waals surface area contributed by atoms with Gasteiger partial charge in [0.1, 0.15) is 0 Å². The number of rotatable bonds is 1. The first-order chi connectivity index (χ1) is 7.84. The summed E-state index contributed by atoms with van der Waals surface area (Å²) in [6.07, 6.45) is 11.7. The maximum Gasteiger partial charge on any atom is 0.0126 e. The van der Waals surface area contributed by atoms with Crippen LogP contribution in [-0.2, 0) is 0 Å². The first-order valence-electron chi connectivity index (χ1n) is 7.34. The van der Waals surface area contributed by atoms with E-state index in [9.17, 15) is 0 Å². The monoisotopic (exact) mass is 219 g/mol. The molecule has 0 aromatic rings. The molecule has 2 saturated carbocycles. The fraction of sp³-hybridized carbons (Fsp3) is 0.933. The summed E-state index contributed by atoms with van der Waals surface area (Å²) in [6.45, 7) is 8.51. The smallest absolute Gasteiger partial charge is 0.0126 e. The normalized spacial score (nSPS) is 45.6. The van der Waals surface area contributed by atoms with Gasteiger partial charge in [-0.2, -0.15) is 0 Å². The third-order valence-electron chi connectivity index (χ3n) is 5.26. The molecule has 0 spiro atoms. The molecule has 1 aliphatic heterocycles. The quantitative estimate of drug-likeness (QED) is 0.653. The van der Waals surface area contributed by atoms with Crippen LogP contribution in [0.5, 0.6) is 0 Å². The summed E-state index contributed by atoms with van der Waals surface area (Å²) in [5.41, 5.74) is 0. The van der Waals surface area contributed by atoms with Crippen LogP contribution in [0.3, 0.4) is 0 Å². The molecular formula is C15H25N. The summed E-state index contributed by atoms with van der Waals surface area (Å²) < 4.78 is 0. The predicted octanol–water partition coefficient (Wildman–Crippen LogP) is 3.38. The Balaban J connectivity index is 1.68. The van der Waals surface area contributed by atoms with Gasteiger partial charge in [-0.15, -0.1) is 0 Å². The lowest BCUT2D eigenvalue weighted by Gasteiger charge is -2.45. The van der Waals surface area contributed by atoms with Gasteiger partial charge in [0.25, 0.3) is 0 Å². The molecule has 0 bridgehead atoms. The number of likely N-dealkylation sites (tertiary alicyclic amines) is 1. The highest BCUT2D eigenvalue weighted by atomic mass is 15.2. The van der Waals surface area contributed by atoms with Crippen LogP contribution in [0.4, 0.5) is 0 Å². The molecule has 16 heavy (non-hydrogen) atoms. The van der Waals surface area contributed by atoms with Crippen molar-refractivity contribution in [2.75, 3.05) is 13.1 Å². The third-order valence-corrected chi connectivity index (χ3v) is 5.26. The van der Waals surface area contributed by atoms with E-state index in [1.807, 2.05) is 0 Å². The summed E-state index contributed by atoms with van der Waals surface area (Å²) in [5.74, 6) is 2.54. The molecule has 0 aromatic carbocycles. The van der Waals surface area contributed by atoms with Crippen molar-refractivity contribution < 1.29 is 0 Å². The number of nitrogens with zero attached hydrogens (tertiary/aromatic N) is 1. The van der Waals surface area contributed by atoms with E-state index in [1.165, 1.54) is 64.5 Å². The Morgan fingerprint density at radius 2 is 1.69 bits per heavy atom. The van der Waals surface area contributed by atoms with Gasteiger partial charge in [0.15, 0.2) is 0 Å². The molecule has 1 nitrogen and oxygen atoms in total. The average Bonchev–Trinajstić information content (AvgIpc) is 2.75. The number of fused-ring (bicyclic) bond motifs is 1. The topological polar surface area (TPSA) is 3.24 Å². The van der Waals surface area contributed by atoms with Crippen molar-refractivity contribution >= 4 is 0 Å². The van der Waals surface area contributed by atoms with Crippen LogP contribution in [0.2, 0.25) is 0 Å². The second-order valence-electron chi connectivity index (χ2n) is 6.25. The van der Waals surface area contributed by atoms with Crippen molar-refractivity contribution in [2.24, 2.45) is 17.8 Å². The fourth-order valence-corrected chi connectivity index (χ4v) is 4.47. The SMILES string of the molecule is [CH]C1CCN(C2CCCC3CCCCC32)C1. The first-order valence-corrected chi connectivity index (χ1v) is 7.34. The average molecular weight is 219 g/mol. The molecule has 2 radical (unpaired) electrons. The van der Waals surface area contributed by atoms with E-state index in [1.54, 1.807) is 0 Å². The maximum absolute atomic E-state index is 6.06. The molecule has 2 aliphatic carbocycles. The highest BCUT2D eigenvalue weighted by molar-refractivity contribution is 4.93. The highest BCUT2D eigenvalue weighted by Gasteiger charge is 2.39. The van der Waals surface area contributed by atoms with Gasteiger partial charge in [-0.3, -0.25) is 4.90 Å². The van der Waals surface area contributed by atoms with Gasteiger partial charge in [0.2, 0.25) is 0 Å². The van der Waals surface area contributed by atoms with E-state index in [0.29, 0.717) is 5.92 Å². The summed E-state index contributed by atoms with van der Waals surface area (Å²) >= 11 is 0. The minimum Gasteiger partial charge on any atom is -0.300 e. The Hall–Kier alpha value is -0.0400. The Bertz CT molecular complexity index is 236. The van der Waals surface area contributed by atoms with E-state index in [0.717, 1.165) is 17.9 Å². The van der Waals surface area contributed by atoms with Gasteiger partial charge < -0.3 is 0 Å². The Labute approximate surface area is 101 Å². The Morgan fingerprint density at radius 3 is 2.50 bits per heavy atom. The standard InChI is InChI=1S/C15H25N/c1-12-9-10-16(11-12)15-8-4-6-13-5-2-3-7-14(13)15/h1,12-15H,2-11H2. The zero-order valence-electron chi connectivity index (χ0n) is 10.4. The molecule has 90 valence electrons. The van der Waals surface area contributed by atoms with Crippen LogP contribution in [-0.4, -0.2) is 24.0 Å². The fourth-order valence-electron chi connectivity index (χ4n) is 4.47. The van der Waals surface area contributed by atoms with Gasteiger partial charge in [-0.1, -0.05) is 32.1 Å². The number of hydrogen-bond donors (Lipinski definition) is 0. The lowest BCUT2D eigenvalue weighted by atomic mass is 9.68.